The molecule has 0 atom stereocenters. The van der Waals surface area contributed by atoms with Crippen molar-refractivity contribution in [2.45, 2.75) is 32.7 Å². The summed E-state index contributed by atoms with van der Waals surface area (Å²) in [5, 5.41) is 7.65. The molecule has 0 bridgehead atoms. The van der Waals surface area contributed by atoms with Crippen LogP contribution in [-0.4, -0.2) is 32.6 Å². The van der Waals surface area contributed by atoms with E-state index in [4.69, 9.17) is 9.72 Å². The molecule has 3 aromatic heterocycles. The molecular formula is C24H25N5O2. The molecule has 1 aromatic carbocycles. The van der Waals surface area contributed by atoms with Gasteiger partial charge in [0.2, 0.25) is 0 Å². The van der Waals surface area contributed by atoms with Crippen LogP contribution in [0.5, 0.6) is 5.75 Å². The van der Waals surface area contributed by atoms with Crippen LogP contribution < -0.4 is 10.1 Å². The highest BCUT2D eigenvalue weighted by molar-refractivity contribution is 5.94. The van der Waals surface area contributed by atoms with Crippen LogP contribution in [-0.2, 0) is 12.0 Å². The number of methoxy groups -OCH3 is 1. The van der Waals surface area contributed by atoms with E-state index in [9.17, 15) is 4.79 Å². The molecule has 0 aliphatic carbocycles. The van der Waals surface area contributed by atoms with Gasteiger partial charge in [-0.1, -0.05) is 39.0 Å². The van der Waals surface area contributed by atoms with Crippen LogP contribution in [0, 0.1) is 0 Å². The Hall–Kier alpha value is -3.74. The third kappa shape index (κ3) is 4.40. The van der Waals surface area contributed by atoms with Crippen LogP contribution in [0.15, 0.2) is 60.9 Å². The predicted molar refractivity (Wildman–Crippen MR) is 119 cm³/mol. The first-order valence-corrected chi connectivity index (χ1v) is 10.1. The molecule has 0 aliphatic heterocycles. The molecule has 0 unspecified atom stereocenters. The van der Waals surface area contributed by atoms with Gasteiger partial charge in [0.1, 0.15) is 11.4 Å². The number of carbonyl (C=O) groups is 1. The first kappa shape index (κ1) is 20.5. The number of hydrogen-bond donors (Lipinski definition) is 1. The number of pyridine rings is 1. The third-order valence-corrected chi connectivity index (χ3v) is 4.97. The first-order chi connectivity index (χ1) is 14.8. The molecule has 0 saturated carbocycles. The molecule has 0 spiro atoms. The normalized spacial score (nSPS) is 11.5. The van der Waals surface area contributed by atoms with Gasteiger partial charge in [-0.05, 0) is 29.8 Å². The number of aromatic nitrogens is 4. The van der Waals surface area contributed by atoms with Crippen molar-refractivity contribution in [3.63, 3.8) is 0 Å². The van der Waals surface area contributed by atoms with E-state index < -0.39 is 0 Å². The van der Waals surface area contributed by atoms with E-state index in [2.05, 4.69) is 36.2 Å². The standard InChI is InChI=1S/C24H25N5O2/c1-24(2,3)21-13-22-27-19(17-8-5-9-18(11-17)31-4)12-20(29(22)28-21)23(30)26-15-16-7-6-10-25-14-16/h5-14H,15H2,1-4H3,(H,26,30). The molecule has 158 valence electrons. The van der Waals surface area contributed by atoms with Gasteiger partial charge >= 0.3 is 0 Å². The second kappa shape index (κ2) is 8.18. The van der Waals surface area contributed by atoms with Crippen LogP contribution in [0.4, 0.5) is 0 Å². The number of hydrogen-bond acceptors (Lipinski definition) is 5. The highest BCUT2D eigenvalue weighted by Crippen LogP contribution is 2.27. The topological polar surface area (TPSA) is 81.4 Å². The van der Waals surface area contributed by atoms with Crippen LogP contribution in [0.25, 0.3) is 16.9 Å². The molecule has 0 saturated heterocycles. The van der Waals surface area contributed by atoms with E-state index >= 15 is 0 Å². The summed E-state index contributed by atoms with van der Waals surface area (Å²) >= 11 is 0. The lowest BCUT2D eigenvalue weighted by atomic mass is 9.93. The van der Waals surface area contributed by atoms with Crippen molar-refractivity contribution < 1.29 is 9.53 Å². The number of rotatable bonds is 5. The lowest BCUT2D eigenvalue weighted by Gasteiger charge is -2.13. The van der Waals surface area contributed by atoms with E-state index in [-0.39, 0.29) is 11.3 Å². The van der Waals surface area contributed by atoms with Gasteiger partial charge in [-0.15, -0.1) is 0 Å². The Morgan fingerprint density at radius 3 is 2.68 bits per heavy atom. The van der Waals surface area contributed by atoms with Crippen LogP contribution in [0.1, 0.15) is 42.5 Å². The lowest BCUT2D eigenvalue weighted by Crippen LogP contribution is -2.26. The molecule has 4 aromatic rings. The molecule has 4 rings (SSSR count). The second-order valence-corrected chi connectivity index (χ2v) is 8.35. The van der Waals surface area contributed by atoms with Crippen LogP contribution in [0.2, 0.25) is 0 Å². The minimum Gasteiger partial charge on any atom is -0.497 e. The van der Waals surface area contributed by atoms with Gasteiger partial charge in [-0.25, -0.2) is 9.50 Å². The quantitative estimate of drug-likeness (QED) is 0.532. The highest BCUT2D eigenvalue weighted by Gasteiger charge is 2.22. The zero-order valence-electron chi connectivity index (χ0n) is 18.1. The number of nitrogens with zero attached hydrogens (tertiary/aromatic N) is 4. The van der Waals surface area contributed by atoms with Gasteiger partial charge in [0.05, 0.1) is 18.5 Å². The minimum atomic E-state index is -0.232. The molecule has 1 N–H and O–H groups in total. The molecule has 31 heavy (non-hydrogen) atoms. The average molecular weight is 415 g/mol. The molecule has 0 fully saturated rings. The van der Waals surface area contributed by atoms with Crippen molar-refractivity contribution in [3.8, 4) is 17.0 Å². The highest BCUT2D eigenvalue weighted by atomic mass is 16.5. The Morgan fingerprint density at radius 1 is 1.13 bits per heavy atom. The lowest BCUT2D eigenvalue weighted by molar-refractivity contribution is 0.0943. The molecule has 0 radical (unpaired) electrons. The Bertz CT molecular complexity index is 1230. The summed E-state index contributed by atoms with van der Waals surface area (Å²) in [6, 6.07) is 15.1. The molecular weight excluding hydrogens is 390 g/mol. The van der Waals surface area contributed by atoms with Crippen molar-refractivity contribution in [3.05, 3.63) is 77.9 Å². The summed E-state index contributed by atoms with van der Waals surface area (Å²) in [6.45, 7) is 6.62. The summed E-state index contributed by atoms with van der Waals surface area (Å²) in [5.41, 5.74) is 4.20. The molecule has 7 heteroatoms. The van der Waals surface area contributed by atoms with Crippen molar-refractivity contribution in [1.82, 2.24) is 24.9 Å². The second-order valence-electron chi connectivity index (χ2n) is 8.35. The van der Waals surface area contributed by atoms with Crippen LogP contribution in [0.3, 0.4) is 0 Å². The van der Waals surface area contributed by atoms with Gasteiger partial charge in [-0.2, -0.15) is 5.10 Å². The fourth-order valence-electron chi connectivity index (χ4n) is 3.21. The van der Waals surface area contributed by atoms with Crippen molar-refractivity contribution in [2.75, 3.05) is 7.11 Å². The number of ether oxygens (including phenoxy) is 1. The van der Waals surface area contributed by atoms with E-state index in [0.717, 1.165) is 22.6 Å². The fourth-order valence-corrected chi connectivity index (χ4v) is 3.21. The number of benzene rings is 1. The van der Waals surface area contributed by atoms with Gasteiger partial charge in [-0.3, -0.25) is 9.78 Å². The maximum Gasteiger partial charge on any atom is 0.270 e. The Labute approximate surface area is 181 Å². The van der Waals surface area contributed by atoms with Crippen LogP contribution >= 0.6 is 0 Å². The largest absolute Gasteiger partial charge is 0.497 e. The molecule has 3 heterocycles. The van der Waals surface area contributed by atoms with Crippen molar-refractivity contribution in [2.24, 2.45) is 0 Å². The minimum absolute atomic E-state index is 0.173. The number of fused-ring (bicyclic) bond motifs is 1. The molecule has 1 amide bonds. The summed E-state index contributed by atoms with van der Waals surface area (Å²) in [5.74, 6) is 0.495. The van der Waals surface area contributed by atoms with E-state index in [1.54, 1.807) is 30.1 Å². The van der Waals surface area contributed by atoms with Crippen molar-refractivity contribution in [1.29, 1.82) is 0 Å². The van der Waals surface area contributed by atoms with E-state index in [1.165, 1.54) is 0 Å². The van der Waals surface area contributed by atoms with Crippen molar-refractivity contribution >= 4 is 11.6 Å². The Morgan fingerprint density at radius 2 is 1.97 bits per heavy atom. The zero-order valence-corrected chi connectivity index (χ0v) is 18.1. The van der Waals surface area contributed by atoms with Gasteiger partial charge in [0.15, 0.2) is 5.65 Å². The van der Waals surface area contributed by atoms with E-state index in [1.807, 2.05) is 42.5 Å². The number of nitrogens with one attached hydrogen (secondary N) is 1. The molecule has 0 aliphatic rings. The summed E-state index contributed by atoms with van der Waals surface area (Å²) in [6.07, 6.45) is 3.44. The van der Waals surface area contributed by atoms with Gasteiger partial charge < -0.3 is 10.1 Å². The number of carbonyl (C=O) groups excluding carboxylic acids is 1. The zero-order chi connectivity index (χ0) is 22.0. The Balaban J connectivity index is 1.78. The molecule has 7 nitrogen and oxygen atoms in total. The monoisotopic (exact) mass is 415 g/mol. The third-order valence-electron chi connectivity index (χ3n) is 4.97. The van der Waals surface area contributed by atoms with E-state index in [0.29, 0.717) is 23.6 Å². The number of amides is 1. The smallest absolute Gasteiger partial charge is 0.270 e. The SMILES string of the molecule is COc1cccc(-c2cc(C(=O)NCc3cccnc3)n3nc(C(C)(C)C)cc3n2)c1. The summed E-state index contributed by atoms with van der Waals surface area (Å²) in [7, 11) is 1.62. The first-order valence-electron chi connectivity index (χ1n) is 10.1. The maximum absolute atomic E-state index is 13.2. The summed E-state index contributed by atoms with van der Waals surface area (Å²) < 4.78 is 6.96. The van der Waals surface area contributed by atoms with Gasteiger partial charge in [0, 0.05) is 36.0 Å². The fraction of sp³-hybridized carbons (Fsp3) is 0.250. The predicted octanol–water partition coefficient (Wildman–Crippen LogP) is 4.03. The maximum atomic E-state index is 13.2. The Kier molecular flexibility index (Phi) is 5.42. The summed E-state index contributed by atoms with van der Waals surface area (Å²) in [4.78, 5) is 22.0. The van der Waals surface area contributed by atoms with Gasteiger partial charge in [0.25, 0.3) is 5.91 Å². The average Bonchev–Trinajstić information content (AvgIpc) is 3.22.